The van der Waals surface area contributed by atoms with Gasteiger partial charge in [0.1, 0.15) is 0 Å². The number of non-ortho nitro benzene ring substituents is 1. The van der Waals surface area contributed by atoms with Gasteiger partial charge in [-0.3, -0.25) is 15.1 Å². The highest BCUT2D eigenvalue weighted by molar-refractivity contribution is 5.93. The molecule has 0 atom stereocenters. The summed E-state index contributed by atoms with van der Waals surface area (Å²) >= 11 is 0. The Morgan fingerprint density at radius 2 is 2.00 bits per heavy atom. The zero-order valence-electron chi connectivity index (χ0n) is 11.2. The molecule has 2 aromatic carbocycles. The summed E-state index contributed by atoms with van der Waals surface area (Å²) in [6.45, 7) is 0.531. The van der Waals surface area contributed by atoms with Crippen LogP contribution in [0.4, 0.5) is 11.4 Å². The van der Waals surface area contributed by atoms with Crippen LogP contribution in [0.25, 0.3) is 10.8 Å². The van der Waals surface area contributed by atoms with E-state index in [-0.39, 0.29) is 10.6 Å². The lowest BCUT2D eigenvalue weighted by molar-refractivity contribution is -0.384. The Morgan fingerprint density at radius 1 is 1.14 bits per heavy atom. The van der Waals surface area contributed by atoms with Crippen LogP contribution in [0.5, 0.6) is 0 Å². The molecule has 0 aliphatic heterocycles. The van der Waals surface area contributed by atoms with E-state index < -0.39 is 0 Å². The van der Waals surface area contributed by atoms with E-state index in [4.69, 9.17) is 0 Å². The number of nitrogens with zero attached hydrogens (tertiary/aromatic N) is 2. The molecular formula is C16H13N3O2. The first-order valence-corrected chi connectivity index (χ1v) is 6.54. The summed E-state index contributed by atoms with van der Waals surface area (Å²) in [6, 6.07) is 14.5. The highest BCUT2D eigenvalue weighted by Gasteiger charge is 2.06. The van der Waals surface area contributed by atoms with Gasteiger partial charge in [-0.15, -0.1) is 0 Å². The lowest BCUT2D eigenvalue weighted by atomic mass is 10.1. The maximum absolute atomic E-state index is 10.8. The van der Waals surface area contributed by atoms with Gasteiger partial charge >= 0.3 is 0 Å². The van der Waals surface area contributed by atoms with E-state index in [9.17, 15) is 10.1 Å². The maximum atomic E-state index is 10.8. The molecular weight excluding hydrogens is 266 g/mol. The summed E-state index contributed by atoms with van der Waals surface area (Å²) in [5.41, 5.74) is 1.97. The number of aromatic nitrogens is 1. The predicted molar refractivity (Wildman–Crippen MR) is 82.2 cm³/mol. The highest BCUT2D eigenvalue weighted by atomic mass is 16.6. The molecule has 0 saturated carbocycles. The Morgan fingerprint density at radius 3 is 2.86 bits per heavy atom. The van der Waals surface area contributed by atoms with Crippen molar-refractivity contribution in [3.63, 3.8) is 0 Å². The zero-order chi connectivity index (χ0) is 14.7. The topological polar surface area (TPSA) is 68.1 Å². The Labute approximate surface area is 121 Å². The van der Waals surface area contributed by atoms with E-state index in [1.165, 1.54) is 6.07 Å². The number of nitrogens with one attached hydrogen (secondary N) is 1. The number of anilines is 1. The quantitative estimate of drug-likeness (QED) is 0.583. The van der Waals surface area contributed by atoms with E-state index in [1.54, 1.807) is 18.3 Å². The van der Waals surface area contributed by atoms with Gasteiger partial charge in [-0.05, 0) is 17.7 Å². The molecule has 0 spiro atoms. The van der Waals surface area contributed by atoms with Crippen molar-refractivity contribution in [2.45, 2.75) is 6.54 Å². The molecule has 0 bridgehead atoms. The lowest BCUT2D eigenvalue weighted by Crippen LogP contribution is -2.00. The van der Waals surface area contributed by atoms with Gasteiger partial charge in [0.25, 0.3) is 5.69 Å². The molecule has 0 saturated heterocycles. The zero-order valence-corrected chi connectivity index (χ0v) is 11.2. The second kappa shape index (κ2) is 5.58. The first-order valence-electron chi connectivity index (χ1n) is 6.54. The molecule has 104 valence electrons. The van der Waals surface area contributed by atoms with Crippen molar-refractivity contribution >= 4 is 22.1 Å². The van der Waals surface area contributed by atoms with Gasteiger partial charge in [0.05, 0.1) is 4.92 Å². The van der Waals surface area contributed by atoms with Gasteiger partial charge in [-0.25, -0.2) is 0 Å². The molecule has 0 amide bonds. The molecule has 1 heterocycles. The fourth-order valence-corrected chi connectivity index (χ4v) is 2.25. The van der Waals surface area contributed by atoms with Crippen LogP contribution in [0, 0.1) is 10.1 Å². The molecule has 0 fully saturated rings. The van der Waals surface area contributed by atoms with Gasteiger partial charge in [0.15, 0.2) is 0 Å². The second-order valence-electron chi connectivity index (χ2n) is 4.68. The molecule has 3 aromatic rings. The molecule has 0 unspecified atom stereocenters. The minimum Gasteiger partial charge on any atom is -0.380 e. The van der Waals surface area contributed by atoms with Crippen molar-refractivity contribution in [1.82, 2.24) is 4.98 Å². The van der Waals surface area contributed by atoms with E-state index in [2.05, 4.69) is 10.3 Å². The van der Waals surface area contributed by atoms with E-state index in [0.717, 1.165) is 22.0 Å². The summed E-state index contributed by atoms with van der Waals surface area (Å²) in [7, 11) is 0. The minimum atomic E-state index is -0.382. The van der Waals surface area contributed by atoms with Crippen LogP contribution in [-0.2, 0) is 6.54 Å². The first kappa shape index (κ1) is 13.1. The number of rotatable bonds is 4. The van der Waals surface area contributed by atoms with Gasteiger partial charge in [0, 0.05) is 47.5 Å². The summed E-state index contributed by atoms with van der Waals surface area (Å²) in [6.07, 6.45) is 3.56. The van der Waals surface area contributed by atoms with Crippen LogP contribution in [0.3, 0.4) is 0 Å². The molecule has 1 N–H and O–H groups in total. The summed E-state index contributed by atoms with van der Waals surface area (Å²) in [5, 5.41) is 16.2. The van der Waals surface area contributed by atoms with Crippen molar-refractivity contribution in [3.05, 3.63) is 76.6 Å². The van der Waals surface area contributed by atoms with E-state index in [1.807, 2.05) is 36.5 Å². The normalized spacial score (nSPS) is 10.5. The molecule has 0 radical (unpaired) electrons. The van der Waals surface area contributed by atoms with E-state index in [0.29, 0.717) is 6.54 Å². The second-order valence-corrected chi connectivity index (χ2v) is 4.68. The molecule has 0 aliphatic carbocycles. The van der Waals surface area contributed by atoms with E-state index >= 15 is 0 Å². The average molecular weight is 279 g/mol. The number of pyridine rings is 1. The average Bonchev–Trinajstić information content (AvgIpc) is 2.53. The number of nitro benzene ring substituents is 1. The fourth-order valence-electron chi connectivity index (χ4n) is 2.25. The van der Waals surface area contributed by atoms with Crippen molar-refractivity contribution in [1.29, 1.82) is 0 Å². The van der Waals surface area contributed by atoms with Crippen LogP contribution >= 0.6 is 0 Å². The smallest absolute Gasteiger partial charge is 0.269 e. The van der Waals surface area contributed by atoms with Crippen LogP contribution in [0.2, 0.25) is 0 Å². The van der Waals surface area contributed by atoms with Crippen molar-refractivity contribution in [2.75, 3.05) is 5.32 Å². The monoisotopic (exact) mass is 279 g/mol. The van der Waals surface area contributed by atoms with Gasteiger partial charge < -0.3 is 5.32 Å². The molecule has 0 aliphatic rings. The third kappa shape index (κ3) is 2.81. The summed E-state index contributed by atoms with van der Waals surface area (Å²) in [5.74, 6) is 0. The summed E-state index contributed by atoms with van der Waals surface area (Å²) < 4.78 is 0. The van der Waals surface area contributed by atoms with Gasteiger partial charge in [-0.2, -0.15) is 0 Å². The van der Waals surface area contributed by atoms with Crippen LogP contribution < -0.4 is 5.32 Å². The molecule has 5 heteroatoms. The minimum absolute atomic E-state index is 0.108. The van der Waals surface area contributed by atoms with Gasteiger partial charge in [0.2, 0.25) is 0 Å². The van der Waals surface area contributed by atoms with Crippen molar-refractivity contribution in [2.24, 2.45) is 0 Å². The first-order chi connectivity index (χ1) is 10.2. The van der Waals surface area contributed by atoms with Crippen molar-refractivity contribution < 1.29 is 4.92 Å². The number of hydrogen-bond acceptors (Lipinski definition) is 4. The lowest BCUT2D eigenvalue weighted by Gasteiger charge is -2.09. The fraction of sp³-hybridized carbons (Fsp3) is 0.0625. The third-order valence-corrected chi connectivity index (χ3v) is 3.29. The highest BCUT2D eigenvalue weighted by Crippen LogP contribution is 2.23. The van der Waals surface area contributed by atoms with Gasteiger partial charge in [-0.1, -0.05) is 24.3 Å². The Bertz CT molecular complexity index is 797. The SMILES string of the molecule is O=[N+]([O-])c1cccc(CNc2cccc3cnccc23)c1. The Kier molecular flexibility index (Phi) is 3.47. The largest absolute Gasteiger partial charge is 0.380 e. The molecule has 5 nitrogen and oxygen atoms in total. The molecule has 3 rings (SSSR count). The molecule has 1 aromatic heterocycles. The summed E-state index contributed by atoms with van der Waals surface area (Å²) in [4.78, 5) is 14.5. The number of nitro groups is 1. The number of fused-ring (bicyclic) bond motifs is 1. The predicted octanol–water partition coefficient (Wildman–Crippen LogP) is 3.76. The standard InChI is InChI=1S/C16H13N3O2/c20-19(21)14-5-1-3-12(9-14)10-18-16-6-2-4-13-11-17-8-7-15(13)16/h1-9,11,18H,10H2. The Balaban J connectivity index is 1.84. The Hall–Kier alpha value is -2.95. The number of benzene rings is 2. The number of hydrogen-bond donors (Lipinski definition) is 1. The van der Waals surface area contributed by atoms with Crippen LogP contribution in [0.1, 0.15) is 5.56 Å². The third-order valence-electron chi connectivity index (χ3n) is 3.29. The molecule has 21 heavy (non-hydrogen) atoms. The van der Waals surface area contributed by atoms with Crippen LogP contribution in [-0.4, -0.2) is 9.91 Å². The van der Waals surface area contributed by atoms with Crippen molar-refractivity contribution in [3.8, 4) is 0 Å². The maximum Gasteiger partial charge on any atom is 0.269 e. The van der Waals surface area contributed by atoms with Crippen LogP contribution in [0.15, 0.2) is 60.9 Å².